The van der Waals surface area contributed by atoms with Gasteiger partial charge in [-0.05, 0) is 32.9 Å². The quantitative estimate of drug-likeness (QED) is 0.121. The first kappa shape index (κ1) is 33.8. The van der Waals surface area contributed by atoms with Gasteiger partial charge < -0.3 is 5.32 Å². The van der Waals surface area contributed by atoms with E-state index in [9.17, 15) is 0 Å². The maximum Gasteiger partial charge on any atom is -0.00489 e. The lowest BCUT2D eigenvalue weighted by molar-refractivity contribution is 0.525. The monoisotopic (exact) mass is 475 g/mol. The molecule has 0 bridgehead atoms. The zero-order valence-corrected chi connectivity index (χ0v) is 22.5. The van der Waals surface area contributed by atoms with Crippen molar-refractivity contribution in [2.75, 3.05) is 13.1 Å². The van der Waals surface area contributed by atoms with Crippen LogP contribution in [0.2, 0.25) is 0 Å². The number of allylic oxidation sites excluding steroid dienone is 1. The maximum absolute atomic E-state index is 3.64. The summed E-state index contributed by atoms with van der Waals surface area (Å²) in [7, 11) is 0. The first-order valence-corrected chi connectivity index (χ1v) is 13.1. The Morgan fingerprint density at radius 3 is 0.931 bits per heavy atom. The highest BCUT2D eigenvalue weighted by molar-refractivity contribution is 8.93. The van der Waals surface area contributed by atoms with Gasteiger partial charge in [0.1, 0.15) is 0 Å². The van der Waals surface area contributed by atoms with Crippen molar-refractivity contribution in [1.82, 2.24) is 5.32 Å². The van der Waals surface area contributed by atoms with Gasteiger partial charge in [-0.25, -0.2) is 0 Å². The van der Waals surface area contributed by atoms with E-state index in [1.54, 1.807) is 6.08 Å². The summed E-state index contributed by atoms with van der Waals surface area (Å²) in [4.78, 5) is 0. The van der Waals surface area contributed by atoms with Crippen molar-refractivity contribution >= 4 is 17.0 Å². The number of unbranched alkanes of at least 4 members (excludes halogenated alkanes) is 18. The fraction of sp³-hybridized carbons (Fsp3) is 0.926. The zero-order chi connectivity index (χ0) is 21.0. The summed E-state index contributed by atoms with van der Waals surface area (Å²) in [6.07, 6.45) is 30.5. The second kappa shape index (κ2) is 35.6. The molecule has 1 N–H and O–H groups in total. The van der Waals surface area contributed by atoms with Crippen LogP contribution in [0.5, 0.6) is 0 Å². The molecular weight excluding hydrogens is 418 g/mol. The van der Waals surface area contributed by atoms with Crippen molar-refractivity contribution in [2.24, 2.45) is 0 Å². The first-order valence-electron chi connectivity index (χ1n) is 13.1. The Bertz CT molecular complexity index is 233. The Kier molecular flexibility index (Phi) is 41.5. The molecule has 0 amide bonds. The van der Waals surface area contributed by atoms with Gasteiger partial charge >= 0.3 is 0 Å². The van der Waals surface area contributed by atoms with Gasteiger partial charge in [-0.1, -0.05) is 135 Å². The van der Waals surface area contributed by atoms with Crippen molar-refractivity contribution in [1.29, 1.82) is 0 Å². The number of rotatable bonds is 22. The van der Waals surface area contributed by atoms with Crippen molar-refractivity contribution in [2.45, 2.75) is 149 Å². The molecule has 0 aromatic rings. The highest BCUT2D eigenvalue weighted by atomic mass is 79.9. The topological polar surface area (TPSA) is 12.0 Å². The largest absolute Gasteiger partial charge is 0.317 e. The summed E-state index contributed by atoms with van der Waals surface area (Å²) in [6, 6.07) is 0. The molecule has 0 saturated carbocycles. The predicted octanol–water partition coefficient (Wildman–Crippen LogP) is 10.2. The summed E-state index contributed by atoms with van der Waals surface area (Å²) in [5, 5.41) is 3.64. The van der Waals surface area contributed by atoms with Crippen LogP contribution in [0, 0.1) is 0 Å². The van der Waals surface area contributed by atoms with Crippen LogP contribution in [0.3, 0.4) is 0 Å². The van der Waals surface area contributed by atoms with Gasteiger partial charge in [0.25, 0.3) is 0 Å². The molecule has 0 aliphatic heterocycles. The highest BCUT2D eigenvalue weighted by Crippen LogP contribution is 2.11. The average molecular weight is 477 g/mol. The van der Waals surface area contributed by atoms with E-state index in [1.165, 1.54) is 142 Å². The van der Waals surface area contributed by atoms with Crippen LogP contribution in [0.25, 0.3) is 0 Å². The van der Waals surface area contributed by atoms with E-state index in [4.69, 9.17) is 0 Å². The van der Waals surface area contributed by atoms with Gasteiger partial charge in [0, 0.05) is 0 Å². The van der Waals surface area contributed by atoms with Gasteiger partial charge in [-0.2, -0.15) is 0 Å². The lowest BCUT2D eigenvalue weighted by Crippen LogP contribution is -2.16. The lowest BCUT2D eigenvalue weighted by Gasteiger charge is -2.05. The predicted molar refractivity (Wildman–Crippen MR) is 143 cm³/mol. The molecule has 29 heavy (non-hydrogen) atoms. The Morgan fingerprint density at radius 2 is 0.690 bits per heavy atom. The Hall–Kier alpha value is 0.180. The molecule has 1 nitrogen and oxygen atoms in total. The van der Waals surface area contributed by atoms with Crippen LogP contribution >= 0.6 is 17.0 Å². The lowest BCUT2D eigenvalue weighted by atomic mass is 10.1. The summed E-state index contributed by atoms with van der Waals surface area (Å²) in [6.45, 7) is 12.3. The van der Waals surface area contributed by atoms with E-state index >= 15 is 0 Å². The number of hydrogen-bond acceptors (Lipinski definition) is 1. The van der Waals surface area contributed by atoms with Crippen LogP contribution in [0.4, 0.5) is 0 Å². The third-order valence-corrected chi connectivity index (χ3v) is 5.41. The van der Waals surface area contributed by atoms with Crippen LogP contribution < -0.4 is 5.32 Å². The van der Waals surface area contributed by atoms with Crippen molar-refractivity contribution in [3.05, 3.63) is 12.7 Å². The second-order valence-corrected chi connectivity index (χ2v) is 8.52. The van der Waals surface area contributed by atoms with Gasteiger partial charge in [0.15, 0.2) is 0 Å². The van der Waals surface area contributed by atoms with Gasteiger partial charge in [0.2, 0.25) is 0 Å². The summed E-state index contributed by atoms with van der Waals surface area (Å²) in [5.74, 6) is 0. The summed E-state index contributed by atoms with van der Waals surface area (Å²) in [5.41, 5.74) is 0. The normalized spacial score (nSPS) is 10.2. The van der Waals surface area contributed by atoms with Gasteiger partial charge in [-0.15, -0.1) is 23.6 Å². The van der Waals surface area contributed by atoms with E-state index in [2.05, 4.69) is 25.7 Å². The number of nitrogens with one attached hydrogen (secondary N) is 1. The van der Waals surface area contributed by atoms with Crippen LogP contribution in [-0.2, 0) is 0 Å². The third kappa shape index (κ3) is 39.3. The molecule has 0 radical (unpaired) electrons. The minimum atomic E-state index is 0. The standard InChI is InChI=1S/C24H51N.C3H6.BrH/c1-3-5-7-9-11-13-15-17-19-21-23-25-24-22-20-18-16-14-12-10-8-6-4-2;1-3-2;/h25H,3-24H2,1-2H3;3H,1H2,2H3;1H. The average Bonchev–Trinajstić information content (AvgIpc) is 2.70. The second-order valence-electron chi connectivity index (χ2n) is 8.52. The number of hydrogen-bond donors (Lipinski definition) is 1. The van der Waals surface area contributed by atoms with Crippen molar-refractivity contribution < 1.29 is 0 Å². The number of halogens is 1. The minimum Gasteiger partial charge on any atom is -0.317 e. The fourth-order valence-corrected chi connectivity index (χ4v) is 3.60. The summed E-state index contributed by atoms with van der Waals surface area (Å²) >= 11 is 0. The molecule has 0 aromatic carbocycles. The minimum absolute atomic E-state index is 0. The smallest absolute Gasteiger partial charge is 0.00489 e. The Balaban J connectivity index is -0.00000158. The summed E-state index contributed by atoms with van der Waals surface area (Å²) < 4.78 is 0. The van der Waals surface area contributed by atoms with E-state index in [0.29, 0.717) is 0 Å². The van der Waals surface area contributed by atoms with Crippen LogP contribution in [0.1, 0.15) is 149 Å². The fourth-order valence-electron chi connectivity index (χ4n) is 3.60. The Labute approximate surface area is 197 Å². The molecule has 0 atom stereocenters. The van der Waals surface area contributed by atoms with E-state index in [0.717, 1.165) is 0 Å². The van der Waals surface area contributed by atoms with Crippen LogP contribution in [-0.4, -0.2) is 13.1 Å². The van der Waals surface area contributed by atoms with Crippen molar-refractivity contribution in [3.63, 3.8) is 0 Å². The molecule has 0 unspecified atom stereocenters. The molecule has 0 aliphatic carbocycles. The van der Waals surface area contributed by atoms with E-state index in [1.807, 2.05) is 6.92 Å². The molecule has 0 aliphatic rings. The molecular formula is C27H58BrN. The maximum atomic E-state index is 3.64. The van der Waals surface area contributed by atoms with Gasteiger partial charge in [0.05, 0.1) is 0 Å². The first-order chi connectivity index (χ1) is 13.8. The molecule has 178 valence electrons. The van der Waals surface area contributed by atoms with E-state index < -0.39 is 0 Å². The molecule has 0 aromatic heterocycles. The highest BCUT2D eigenvalue weighted by Gasteiger charge is 1.94. The zero-order valence-electron chi connectivity index (χ0n) is 20.7. The van der Waals surface area contributed by atoms with Crippen LogP contribution in [0.15, 0.2) is 12.7 Å². The molecule has 0 heterocycles. The molecule has 2 heteroatoms. The van der Waals surface area contributed by atoms with Crippen molar-refractivity contribution in [3.8, 4) is 0 Å². The molecule has 0 rings (SSSR count). The molecule has 0 spiro atoms. The molecule has 0 fully saturated rings. The Morgan fingerprint density at radius 1 is 0.483 bits per heavy atom. The van der Waals surface area contributed by atoms with E-state index in [-0.39, 0.29) is 17.0 Å². The van der Waals surface area contributed by atoms with Gasteiger partial charge in [-0.3, -0.25) is 0 Å². The third-order valence-electron chi connectivity index (χ3n) is 5.41. The molecule has 0 saturated heterocycles. The SMILES string of the molecule is Br.C=CC.CCCCCCCCCCCCNCCCCCCCCCCCC.